The molecule has 6 nitrogen and oxygen atoms in total. The summed E-state index contributed by atoms with van der Waals surface area (Å²) in [4.78, 5) is 23.3. The normalized spacial score (nSPS) is 6.96. The van der Waals surface area contributed by atoms with Gasteiger partial charge in [0, 0.05) is 37.6 Å². The molecule has 0 radical (unpaired) electrons. The largest absolute Gasteiger partial charge is 0.265 e. The Morgan fingerprint density at radius 3 is 0.958 bits per heavy atom. The molecule has 0 fully saturated rings. The van der Waals surface area contributed by atoms with Gasteiger partial charge in [0.25, 0.3) is 0 Å². The Hall–Kier alpha value is -3.54. The van der Waals surface area contributed by atoms with Gasteiger partial charge in [-0.3, -0.25) is 4.98 Å². The van der Waals surface area contributed by atoms with Crippen molar-refractivity contribution in [3.05, 3.63) is 109 Å². The first-order valence-corrected chi connectivity index (χ1v) is 16.4. The summed E-state index contributed by atoms with van der Waals surface area (Å²) >= 11 is 0. The van der Waals surface area contributed by atoms with Crippen molar-refractivity contribution in [1.29, 1.82) is 0 Å². The molecule has 0 atom stereocenters. The quantitative estimate of drug-likeness (QED) is 0.214. The summed E-state index contributed by atoms with van der Waals surface area (Å²) in [5.41, 5.74) is 2.76. The van der Waals surface area contributed by atoms with Crippen LogP contribution in [0.15, 0.2) is 86.0 Å². The molecular formula is C42H86N6. The van der Waals surface area contributed by atoms with Crippen molar-refractivity contribution >= 4 is 0 Å². The van der Waals surface area contributed by atoms with Gasteiger partial charge in [-0.05, 0) is 42.2 Å². The lowest BCUT2D eigenvalue weighted by atomic mass is 10.2. The van der Waals surface area contributed by atoms with E-state index in [4.69, 9.17) is 0 Å². The van der Waals surface area contributed by atoms with Crippen LogP contribution in [0.2, 0.25) is 0 Å². The summed E-state index contributed by atoms with van der Waals surface area (Å²) in [6.07, 6.45) is 15.4. The van der Waals surface area contributed by atoms with Crippen LogP contribution >= 0.6 is 0 Å². The molecule has 48 heavy (non-hydrogen) atoms. The topological polar surface area (TPSA) is 77.3 Å². The molecule has 6 heteroatoms. The lowest BCUT2D eigenvalue weighted by Gasteiger charge is -1.89. The fourth-order valence-corrected chi connectivity index (χ4v) is 2.29. The zero-order chi connectivity index (χ0) is 34.0. The number of rotatable bonds is 4. The van der Waals surface area contributed by atoms with E-state index in [0.29, 0.717) is 0 Å². The molecule has 284 valence electrons. The minimum atomic E-state index is 0. The van der Waals surface area contributed by atoms with Gasteiger partial charge in [-0.15, -0.1) is 0 Å². The van der Waals surface area contributed by atoms with Crippen LogP contribution < -0.4 is 0 Å². The number of benzene rings is 1. The van der Waals surface area contributed by atoms with Crippen LogP contribution in [-0.2, 0) is 25.7 Å². The summed E-state index contributed by atoms with van der Waals surface area (Å²) in [5.74, 6) is 1.76. The number of aromatic nitrogens is 6. The Balaban J connectivity index is -0.0000000442. The fourth-order valence-electron chi connectivity index (χ4n) is 2.29. The number of hydrogen-bond acceptors (Lipinski definition) is 6. The second-order valence-electron chi connectivity index (χ2n) is 7.18. The molecule has 4 rings (SSSR count). The summed E-state index contributed by atoms with van der Waals surface area (Å²) in [5, 5.41) is 0. The average molecular weight is 675 g/mol. The minimum Gasteiger partial charge on any atom is -0.265 e. The third-order valence-corrected chi connectivity index (χ3v) is 4.21. The van der Waals surface area contributed by atoms with E-state index >= 15 is 0 Å². The fraction of sp³-hybridized carbons (Fsp3) is 0.571. The molecule has 3 aromatic heterocycles. The van der Waals surface area contributed by atoms with E-state index in [2.05, 4.69) is 81.9 Å². The zero-order valence-electron chi connectivity index (χ0n) is 30.3. The third kappa shape index (κ3) is 54.9. The van der Waals surface area contributed by atoms with Gasteiger partial charge in [-0.1, -0.05) is 171 Å². The smallest absolute Gasteiger partial charge is 0.131 e. The number of pyridine rings is 1. The van der Waals surface area contributed by atoms with Crippen molar-refractivity contribution in [2.45, 2.75) is 166 Å². The SMILES string of the molecule is C.C.C.C.C.CC.CC.CC.CC.CCC.CCc1ccccc1.CCc1ccncc1.CCc1ncccn1.CCc1ncncn1. The Morgan fingerprint density at radius 1 is 0.375 bits per heavy atom. The highest BCUT2D eigenvalue weighted by Gasteiger charge is 1.85. The van der Waals surface area contributed by atoms with Gasteiger partial charge >= 0.3 is 0 Å². The van der Waals surface area contributed by atoms with Crippen LogP contribution in [0.4, 0.5) is 0 Å². The first-order valence-electron chi connectivity index (χ1n) is 16.4. The van der Waals surface area contributed by atoms with Crippen LogP contribution in [0.1, 0.15) is 163 Å². The van der Waals surface area contributed by atoms with Crippen LogP contribution in [0.5, 0.6) is 0 Å². The highest BCUT2D eigenvalue weighted by atomic mass is 15.0. The maximum Gasteiger partial charge on any atom is 0.131 e. The van der Waals surface area contributed by atoms with Crippen LogP contribution in [0, 0.1) is 0 Å². The van der Waals surface area contributed by atoms with Crippen LogP contribution in [0.3, 0.4) is 0 Å². The van der Waals surface area contributed by atoms with Gasteiger partial charge in [0.1, 0.15) is 24.3 Å². The molecule has 0 amide bonds. The van der Waals surface area contributed by atoms with Gasteiger partial charge in [0.2, 0.25) is 0 Å². The highest BCUT2D eigenvalue weighted by Crippen LogP contribution is 1.97. The second-order valence-corrected chi connectivity index (χ2v) is 7.18. The molecule has 0 spiro atoms. The monoisotopic (exact) mass is 675 g/mol. The molecule has 0 bridgehead atoms. The van der Waals surface area contributed by atoms with E-state index in [9.17, 15) is 0 Å². The number of hydrogen-bond donors (Lipinski definition) is 0. The van der Waals surface area contributed by atoms with Crippen molar-refractivity contribution in [3.63, 3.8) is 0 Å². The molecule has 3 heterocycles. The molecule has 0 unspecified atom stereocenters. The average Bonchev–Trinajstić information content (AvgIpc) is 3.14. The van der Waals surface area contributed by atoms with Crippen molar-refractivity contribution in [2.24, 2.45) is 0 Å². The summed E-state index contributed by atoms with van der Waals surface area (Å²) in [7, 11) is 0. The minimum absolute atomic E-state index is 0. The van der Waals surface area contributed by atoms with Crippen molar-refractivity contribution in [1.82, 2.24) is 29.9 Å². The van der Waals surface area contributed by atoms with Gasteiger partial charge in [0.05, 0.1) is 0 Å². The molecule has 0 aliphatic heterocycles. The van der Waals surface area contributed by atoms with Gasteiger partial charge in [0.15, 0.2) is 0 Å². The van der Waals surface area contributed by atoms with Gasteiger partial charge in [-0.25, -0.2) is 24.9 Å². The molecular weight excluding hydrogens is 589 g/mol. The lowest BCUT2D eigenvalue weighted by Crippen LogP contribution is -1.90. The predicted molar refractivity (Wildman–Crippen MR) is 225 cm³/mol. The second kappa shape index (κ2) is 70.0. The lowest BCUT2D eigenvalue weighted by molar-refractivity contribution is 0.896. The Kier molecular flexibility index (Phi) is 103. The first-order chi connectivity index (χ1) is 21.1. The third-order valence-electron chi connectivity index (χ3n) is 4.21. The molecule has 4 aromatic rings. The predicted octanol–water partition coefficient (Wildman–Crippen LogP) is 14.1. The molecule has 0 aliphatic carbocycles. The summed E-state index contributed by atoms with van der Waals surface area (Å²) in [6, 6.07) is 16.3. The van der Waals surface area contributed by atoms with E-state index in [1.807, 2.05) is 106 Å². The molecule has 0 saturated heterocycles. The van der Waals surface area contributed by atoms with Crippen LogP contribution in [-0.4, -0.2) is 29.9 Å². The maximum absolute atomic E-state index is 3.99. The Labute approximate surface area is 304 Å². The van der Waals surface area contributed by atoms with E-state index < -0.39 is 0 Å². The molecule has 0 N–H and O–H groups in total. The van der Waals surface area contributed by atoms with E-state index in [1.54, 1.807) is 12.4 Å². The van der Waals surface area contributed by atoms with Gasteiger partial charge < -0.3 is 0 Å². The van der Waals surface area contributed by atoms with Crippen molar-refractivity contribution in [2.75, 3.05) is 0 Å². The van der Waals surface area contributed by atoms with Crippen LogP contribution in [0.25, 0.3) is 0 Å². The summed E-state index contributed by atoms with van der Waals surface area (Å²) < 4.78 is 0. The molecule has 0 saturated carbocycles. The number of nitrogens with zero attached hydrogens (tertiary/aromatic N) is 6. The standard InChI is InChI=1S/C8H10.C7H9N.C6H8N2.C5H7N3.C3H8.4C2H6.5CH4/c1-2-8-6-4-3-5-7-8;1-2-7-3-5-8-6-4-7;1-2-6-7-4-3-5-8-6;1-2-5-7-3-6-4-8-5;1-3-2;4*1-2;;;;;/h3-7H,2H2,1H3;3-6H,2H2,1H3;3-5H,2H2,1H3;3-4H,2H2,1H3;3H2,1-2H3;4*1-2H3;5*1H4. The Bertz CT molecular complexity index is 765. The van der Waals surface area contributed by atoms with E-state index in [0.717, 1.165) is 37.3 Å². The first kappa shape index (κ1) is 70.7. The number of aryl methyl sites for hydroxylation is 4. The Morgan fingerprint density at radius 2 is 0.708 bits per heavy atom. The van der Waals surface area contributed by atoms with E-state index in [-0.39, 0.29) is 37.1 Å². The summed E-state index contributed by atoms with van der Waals surface area (Å²) in [6.45, 7) is 28.6. The zero-order valence-corrected chi connectivity index (χ0v) is 30.3. The van der Waals surface area contributed by atoms with Crippen molar-refractivity contribution in [3.8, 4) is 0 Å². The van der Waals surface area contributed by atoms with Gasteiger partial charge in [-0.2, -0.15) is 0 Å². The molecule has 1 aromatic carbocycles. The van der Waals surface area contributed by atoms with E-state index in [1.165, 1.54) is 30.2 Å². The highest BCUT2D eigenvalue weighted by molar-refractivity contribution is 5.13. The maximum atomic E-state index is 3.99. The molecule has 0 aliphatic rings. The van der Waals surface area contributed by atoms with Crippen molar-refractivity contribution < 1.29 is 0 Å².